The molecule has 30 heavy (non-hydrogen) atoms. The Bertz CT molecular complexity index is 848. The molecule has 0 aliphatic carbocycles. The van der Waals surface area contributed by atoms with E-state index < -0.39 is 0 Å². The predicted molar refractivity (Wildman–Crippen MR) is 122 cm³/mol. The average Bonchev–Trinajstić information content (AvgIpc) is 2.73. The normalized spacial score (nSPS) is 21.4. The third-order valence-corrected chi connectivity index (χ3v) is 6.39. The standard InChI is InChI=1S/C25H35N3O2/c1-6-27(7-2)25(30)21-13-11-20(12-14-21)24(22-9-8-10-23(29)15-22)28-17-18(3)26(5)16-19(28)4/h8-15,18-19,24,29H,6-7,16-17H2,1-5H3/t18-,19-,24?/m1/s1. The Morgan fingerprint density at radius 2 is 1.70 bits per heavy atom. The first-order valence-corrected chi connectivity index (χ1v) is 11.0. The van der Waals surface area contributed by atoms with Crippen molar-refractivity contribution in [3.05, 3.63) is 65.2 Å². The molecule has 0 radical (unpaired) electrons. The number of benzene rings is 2. The van der Waals surface area contributed by atoms with Crippen molar-refractivity contribution >= 4 is 5.91 Å². The maximum Gasteiger partial charge on any atom is 0.253 e. The number of carbonyl (C=O) groups excluding carboxylic acids is 1. The van der Waals surface area contributed by atoms with Crippen molar-refractivity contribution in [2.24, 2.45) is 0 Å². The summed E-state index contributed by atoms with van der Waals surface area (Å²) in [6.45, 7) is 11.9. The Balaban J connectivity index is 1.97. The van der Waals surface area contributed by atoms with E-state index in [9.17, 15) is 9.90 Å². The van der Waals surface area contributed by atoms with Gasteiger partial charge in [0.1, 0.15) is 5.75 Å². The van der Waals surface area contributed by atoms with E-state index in [1.807, 2.05) is 43.0 Å². The van der Waals surface area contributed by atoms with Gasteiger partial charge in [0, 0.05) is 43.8 Å². The summed E-state index contributed by atoms with van der Waals surface area (Å²) in [4.78, 5) is 19.5. The molecule has 1 unspecified atom stereocenters. The van der Waals surface area contributed by atoms with Gasteiger partial charge in [-0.15, -0.1) is 0 Å². The molecule has 0 saturated carbocycles. The van der Waals surface area contributed by atoms with E-state index >= 15 is 0 Å². The second-order valence-corrected chi connectivity index (χ2v) is 8.43. The third kappa shape index (κ3) is 4.68. The molecule has 3 atom stereocenters. The molecule has 0 spiro atoms. The van der Waals surface area contributed by atoms with E-state index in [-0.39, 0.29) is 17.7 Å². The van der Waals surface area contributed by atoms with Gasteiger partial charge in [-0.25, -0.2) is 0 Å². The van der Waals surface area contributed by atoms with Crippen molar-refractivity contribution in [3.63, 3.8) is 0 Å². The molecule has 0 bridgehead atoms. The second kappa shape index (κ2) is 9.63. The van der Waals surface area contributed by atoms with Crippen LogP contribution < -0.4 is 0 Å². The molecule has 5 nitrogen and oxygen atoms in total. The van der Waals surface area contributed by atoms with Crippen molar-refractivity contribution in [1.82, 2.24) is 14.7 Å². The Labute approximate surface area is 180 Å². The fourth-order valence-electron chi connectivity index (χ4n) is 4.46. The smallest absolute Gasteiger partial charge is 0.253 e. The maximum absolute atomic E-state index is 12.7. The Kier molecular flexibility index (Phi) is 7.16. The predicted octanol–water partition coefficient (Wildman–Crippen LogP) is 3.99. The molecule has 5 heteroatoms. The Morgan fingerprint density at radius 3 is 2.30 bits per heavy atom. The number of rotatable bonds is 6. The van der Waals surface area contributed by atoms with Crippen LogP contribution in [0.2, 0.25) is 0 Å². The minimum atomic E-state index is 0.0286. The summed E-state index contributed by atoms with van der Waals surface area (Å²) in [5, 5.41) is 10.1. The third-order valence-electron chi connectivity index (χ3n) is 6.39. The summed E-state index contributed by atoms with van der Waals surface area (Å²) < 4.78 is 0. The molecule has 1 amide bonds. The van der Waals surface area contributed by atoms with E-state index in [1.54, 1.807) is 6.07 Å². The Morgan fingerprint density at radius 1 is 1.03 bits per heavy atom. The number of phenolic OH excluding ortho intramolecular Hbond substituents is 1. The fraction of sp³-hybridized carbons (Fsp3) is 0.480. The molecule has 162 valence electrons. The molecule has 1 heterocycles. The van der Waals surface area contributed by atoms with Gasteiger partial charge in [-0.3, -0.25) is 9.69 Å². The number of amides is 1. The van der Waals surface area contributed by atoms with Crippen molar-refractivity contribution in [1.29, 1.82) is 0 Å². The van der Waals surface area contributed by atoms with Crippen LogP contribution in [0.3, 0.4) is 0 Å². The summed E-state index contributed by atoms with van der Waals surface area (Å²) in [5.41, 5.74) is 2.93. The van der Waals surface area contributed by atoms with Gasteiger partial charge < -0.3 is 14.9 Å². The zero-order chi connectivity index (χ0) is 21.8. The highest BCUT2D eigenvalue weighted by Crippen LogP contribution is 2.34. The number of aromatic hydroxyl groups is 1. The summed E-state index contributed by atoms with van der Waals surface area (Å²) in [6, 6.07) is 16.4. The van der Waals surface area contributed by atoms with Crippen LogP contribution in [0.15, 0.2) is 48.5 Å². The number of carbonyl (C=O) groups is 1. The van der Waals surface area contributed by atoms with Gasteiger partial charge >= 0.3 is 0 Å². The highest BCUT2D eigenvalue weighted by Gasteiger charge is 2.33. The van der Waals surface area contributed by atoms with Gasteiger partial charge in [0.15, 0.2) is 0 Å². The highest BCUT2D eigenvalue weighted by atomic mass is 16.3. The first-order valence-electron chi connectivity index (χ1n) is 11.0. The highest BCUT2D eigenvalue weighted by molar-refractivity contribution is 5.94. The van der Waals surface area contributed by atoms with Crippen LogP contribution in [0.4, 0.5) is 0 Å². The topological polar surface area (TPSA) is 47.0 Å². The number of nitrogens with zero attached hydrogens (tertiary/aromatic N) is 3. The molecule has 2 aromatic rings. The molecule has 1 N–H and O–H groups in total. The van der Waals surface area contributed by atoms with Crippen LogP contribution in [0.1, 0.15) is 55.2 Å². The number of hydrogen-bond donors (Lipinski definition) is 1. The van der Waals surface area contributed by atoms with E-state index in [0.29, 0.717) is 25.2 Å². The SMILES string of the molecule is CCN(CC)C(=O)c1ccc(C(c2cccc(O)c2)N2C[C@@H](C)N(C)C[C@H]2C)cc1. The first kappa shape index (κ1) is 22.3. The average molecular weight is 410 g/mol. The van der Waals surface area contributed by atoms with E-state index in [4.69, 9.17) is 0 Å². The number of piperazine rings is 1. The van der Waals surface area contributed by atoms with Crippen molar-refractivity contribution in [2.75, 3.05) is 33.2 Å². The van der Waals surface area contributed by atoms with Gasteiger partial charge in [0.05, 0.1) is 6.04 Å². The molecule has 3 rings (SSSR count). The number of hydrogen-bond acceptors (Lipinski definition) is 4. The zero-order valence-corrected chi connectivity index (χ0v) is 18.9. The maximum atomic E-state index is 12.7. The molecule has 1 aliphatic rings. The molecule has 1 fully saturated rings. The van der Waals surface area contributed by atoms with E-state index in [1.165, 1.54) is 0 Å². The van der Waals surface area contributed by atoms with Crippen LogP contribution in [0, 0.1) is 0 Å². The van der Waals surface area contributed by atoms with Crippen LogP contribution in [0.25, 0.3) is 0 Å². The van der Waals surface area contributed by atoms with Crippen LogP contribution >= 0.6 is 0 Å². The lowest BCUT2D eigenvalue weighted by atomic mass is 9.93. The molecule has 1 saturated heterocycles. The summed E-state index contributed by atoms with van der Waals surface area (Å²) in [5.74, 6) is 0.350. The van der Waals surface area contributed by atoms with Crippen LogP contribution in [-0.4, -0.2) is 71.0 Å². The van der Waals surface area contributed by atoms with E-state index in [0.717, 1.165) is 29.8 Å². The molecule has 2 aromatic carbocycles. The lowest BCUT2D eigenvalue weighted by molar-refractivity contribution is 0.0389. The monoisotopic (exact) mass is 409 g/mol. The zero-order valence-electron chi connectivity index (χ0n) is 18.9. The van der Waals surface area contributed by atoms with Gasteiger partial charge in [-0.2, -0.15) is 0 Å². The fourth-order valence-corrected chi connectivity index (χ4v) is 4.46. The second-order valence-electron chi connectivity index (χ2n) is 8.43. The number of phenols is 1. The molecule has 0 aromatic heterocycles. The van der Waals surface area contributed by atoms with Crippen LogP contribution in [0.5, 0.6) is 5.75 Å². The minimum Gasteiger partial charge on any atom is -0.508 e. The van der Waals surface area contributed by atoms with Crippen LogP contribution in [-0.2, 0) is 0 Å². The summed E-state index contributed by atoms with van der Waals surface area (Å²) >= 11 is 0. The molecular weight excluding hydrogens is 374 g/mol. The Hall–Kier alpha value is -2.37. The lowest BCUT2D eigenvalue weighted by Crippen LogP contribution is -2.55. The minimum absolute atomic E-state index is 0.0286. The van der Waals surface area contributed by atoms with Gasteiger partial charge in [0.2, 0.25) is 0 Å². The first-order chi connectivity index (χ1) is 14.3. The van der Waals surface area contributed by atoms with Crippen molar-refractivity contribution < 1.29 is 9.90 Å². The van der Waals surface area contributed by atoms with Gasteiger partial charge in [0.25, 0.3) is 5.91 Å². The van der Waals surface area contributed by atoms with Crippen molar-refractivity contribution in [3.8, 4) is 5.75 Å². The lowest BCUT2D eigenvalue weighted by Gasteiger charge is -2.46. The van der Waals surface area contributed by atoms with Gasteiger partial charge in [-0.1, -0.05) is 24.3 Å². The summed E-state index contributed by atoms with van der Waals surface area (Å²) in [7, 11) is 2.18. The quantitative estimate of drug-likeness (QED) is 0.784. The van der Waals surface area contributed by atoms with Gasteiger partial charge in [-0.05, 0) is 70.1 Å². The van der Waals surface area contributed by atoms with Crippen molar-refractivity contribution in [2.45, 2.75) is 45.8 Å². The summed E-state index contributed by atoms with van der Waals surface area (Å²) in [6.07, 6.45) is 0. The molecular formula is C25H35N3O2. The number of likely N-dealkylation sites (N-methyl/N-ethyl adjacent to an activating group) is 1. The largest absolute Gasteiger partial charge is 0.508 e. The van der Waals surface area contributed by atoms with E-state index in [2.05, 4.69) is 48.9 Å². The molecule has 1 aliphatic heterocycles.